The van der Waals surface area contributed by atoms with Crippen LogP contribution in [-0.4, -0.2) is 5.78 Å². The van der Waals surface area contributed by atoms with Gasteiger partial charge in [0.2, 0.25) is 0 Å². The number of carbonyl (C=O) groups excluding carboxylic acids is 1. The summed E-state index contributed by atoms with van der Waals surface area (Å²) >= 11 is 0. The van der Waals surface area contributed by atoms with Crippen LogP contribution in [0.3, 0.4) is 0 Å². The van der Waals surface area contributed by atoms with E-state index < -0.39 is 0 Å². The Morgan fingerprint density at radius 1 is 1.30 bits per heavy atom. The minimum atomic E-state index is 0.525. The van der Waals surface area contributed by atoms with Gasteiger partial charge in [-0.05, 0) is 37.0 Å². The summed E-state index contributed by atoms with van der Waals surface area (Å²) in [4.78, 5) is 11.3. The average molecular weight is 136 g/mol. The molecule has 3 rings (SSSR count). The average Bonchev–Trinajstić information content (AvgIpc) is 2.55. The van der Waals surface area contributed by atoms with Gasteiger partial charge in [-0.1, -0.05) is 0 Å². The molecule has 0 aromatic heterocycles. The molecule has 0 N–H and O–H groups in total. The maximum Gasteiger partial charge on any atom is 0.136 e. The van der Waals surface area contributed by atoms with Crippen LogP contribution in [0.5, 0.6) is 0 Å². The Bertz CT molecular complexity index is 203. The molecule has 2 bridgehead atoms. The number of ketones is 1. The van der Waals surface area contributed by atoms with E-state index in [0.29, 0.717) is 17.1 Å². The fourth-order valence-corrected chi connectivity index (χ4v) is 3.30. The fraction of sp³-hybridized carbons (Fsp3) is 0.889. The predicted octanol–water partition coefficient (Wildman–Crippen LogP) is 1.77. The third-order valence-corrected chi connectivity index (χ3v) is 3.97. The molecule has 1 heteroatoms. The summed E-state index contributed by atoms with van der Waals surface area (Å²) in [7, 11) is 0. The van der Waals surface area contributed by atoms with Crippen molar-refractivity contribution in [1.82, 2.24) is 0 Å². The molecule has 2 unspecified atom stereocenters. The lowest BCUT2D eigenvalue weighted by Crippen LogP contribution is -2.11. The predicted molar refractivity (Wildman–Crippen MR) is 37.5 cm³/mol. The summed E-state index contributed by atoms with van der Waals surface area (Å²) in [5.74, 6) is 1.94. The highest BCUT2D eigenvalue weighted by atomic mass is 16.1. The molecule has 1 nitrogen and oxygen atoms in total. The molecule has 1 spiro atoms. The molecule has 3 fully saturated rings. The lowest BCUT2D eigenvalue weighted by molar-refractivity contribution is -0.122. The molecular formula is C9H12O. The van der Waals surface area contributed by atoms with Crippen LogP contribution in [0.15, 0.2) is 0 Å². The standard InChI is InChI=1S/C9H12O/c10-8-5-6-1-2-7(8)9(6)3-4-9/h6-7H,1-5H2. The lowest BCUT2D eigenvalue weighted by atomic mass is 9.94. The van der Waals surface area contributed by atoms with Crippen LogP contribution in [0.4, 0.5) is 0 Å². The van der Waals surface area contributed by atoms with Crippen LogP contribution in [0.1, 0.15) is 32.1 Å². The van der Waals surface area contributed by atoms with Gasteiger partial charge < -0.3 is 0 Å². The van der Waals surface area contributed by atoms with Crippen LogP contribution in [0.25, 0.3) is 0 Å². The Morgan fingerprint density at radius 3 is 2.40 bits per heavy atom. The number of hydrogen-bond donors (Lipinski definition) is 0. The summed E-state index contributed by atoms with van der Waals surface area (Å²) in [5.41, 5.74) is 0.594. The molecule has 0 heterocycles. The van der Waals surface area contributed by atoms with Crippen LogP contribution >= 0.6 is 0 Å². The molecule has 0 aliphatic heterocycles. The van der Waals surface area contributed by atoms with Crippen molar-refractivity contribution in [3.8, 4) is 0 Å². The number of rotatable bonds is 0. The van der Waals surface area contributed by atoms with Crippen molar-refractivity contribution >= 4 is 5.78 Å². The molecule has 3 saturated carbocycles. The summed E-state index contributed by atoms with van der Waals surface area (Å²) in [6.07, 6.45) is 6.26. The van der Waals surface area contributed by atoms with Gasteiger partial charge in [0, 0.05) is 12.3 Å². The van der Waals surface area contributed by atoms with Crippen LogP contribution in [-0.2, 0) is 4.79 Å². The largest absolute Gasteiger partial charge is 0.299 e. The summed E-state index contributed by atoms with van der Waals surface area (Å²) in [6, 6.07) is 0. The Balaban J connectivity index is 2.07. The van der Waals surface area contributed by atoms with Gasteiger partial charge >= 0.3 is 0 Å². The van der Waals surface area contributed by atoms with Gasteiger partial charge in [-0.3, -0.25) is 4.79 Å². The van der Waals surface area contributed by atoms with Crippen molar-refractivity contribution in [2.75, 3.05) is 0 Å². The van der Waals surface area contributed by atoms with Crippen LogP contribution < -0.4 is 0 Å². The zero-order chi connectivity index (χ0) is 6.77. The SMILES string of the molecule is O=C1CC2CCC1C21CC1. The van der Waals surface area contributed by atoms with E-state index in [1.165, 1.54) is 25.7 Å². The molecule has 0 aromatic carbocycles. The van der Waals surface area contributed by atoms with E-state index in [1.54, 1.807) is 0 Å². The van der Waals surface area contributed by atoms with E-state index in [0.717, 1.165) is 12.3 Å². The van der Waals surface area contributed by atoms with Gasteiger partial charge in [-0.25, -0.2) is 0 Å². The highest BCUT2D eigenvalue weighted by Crippen LogP contribution is 2.69. The highest BCUT2D eigenvalue weighted by Gasteiger charge is 2.64. The molecule has 3 aliphatic carbocycles. The molecule has 0 saturated heterocycles. The van der Waals surface area contributed by atoms with Gasteiger partial charge in [-0.2, -0.15) is 0 Å². The fourth-order valence-electron chi connectivity index (χ4n) is 3.30. The van der Waals surface area contributed by atoms with E-state index in [4.69, 9.17) is 0 Å². The van der Waals surface area contributed by atoms with E-state index in [1.807, 2.05) is 0 Å². The normalized spacial score (nSPS) is 47.0. The summed E-state index contributed by atoms with van der Waals surface area (Å²) < 4.78 is 0. The number of hydrogen-bond acceptors (Lipinski definition) is 1. The van der Waals surface area contributed by atoms with Crippen molar-refractivity contribution in [2.24, 2.45) is 17.3 Å². The van der Waals surface area contributed by atoms with Crippen LogP contribution in [0.2, 0.25) is 0 Å². The van der Waals surface area contributed by atoms with Crippen molar-refractivity contribution in [3.63, 3.8) is 0 Å². The minimum absolute atomic E-state index is 0.525. The van der Waals surface area contributed by atoms with Crippen molar-refractivity contribution in [2.45, 2.75) is 32.1 Å². The number of carbonyl (C=O) groups is 1. The second-order valence-electron chi connectivity index (χ2n) is 4.23. The maximum absolute atomic E-state index is 11.3. The van der Waals surface area contributed by atoms with Gasteiger partial charge in [0.05, 0.1) is 0 Å². The summed E-state index contributed by atoms with van der Waals surface area (Å²) in [5, 5.41) is 0. The zero-order valence-corrected chi connectivity index (χ0v) is 6.10. The first-order valence-electron chi connectivity index (χ1n) is 4.36. The maximum atomic E-state index is 11.3. The van der Waals surface area contributed by atoms with Gasteiger partial charge in [-0.15, -0.1) is 0 Å². The Hall–Kier alpha value is -0.330. The molecule has 3 aliphatic rings. The quantitative estimate of drug-likeness (QED) is 0.496. The minimum Gasteiger partial charge on any atom is -0.299 e. The van der Waals surface area contributed by atoms with Crippen molar-refractivity contribution in [3.05, 3.63) is 0 Å². The molecule has 2 atom stereocenters. The molecule has 0 aromatic rings. The van der Waals surface area contributed by atoms with Crippen molar-refractivity contribution < 1.29 is 4.79 Å². The Labute approximate surface area is 60.8 Å². The van der Waals surface area contributed by atoms with E-state index in [9.17, 15) is 4.79 Å². The zero-order valence-electron chi connectivity index (χ0n) is 6.10. The van der Waals surface area contributed by atoms with Gasteiger partial charge in [0.1, 0.15) is 5.78 Å². The summed E-state index contributed by atoms with van der Waals surface area (Å²) in [6.45, 7) is 0. The smallest absolute Gasteiger partial charge is 0.136 e. The molecule has 10 heavy (non-hydrogen) atoms. The lowest BCUT2D eigenvalue weighted by Gasteiger charge is -2.08. The first kappa shape index (κ1) is 5.34. The molecule has 54 valence electrons. The number of Topliss-reactive ketones (excluding diaryl/α,β-unsaturated/α-hetero) is 1. The van der Waals surface area contributed by atoms with E-state index >= 15 is 0 Å². The van der Waals surface area contributed by atoms with Crippen molar-refractivity contribution in [1.29, 1.82) is 0 Å². The monoisotopic (exact) mass is 136 g/mol. The first-order chi connectivity index (χ1) is 4.83. The Morgan fingerprint density at radius 2 is 2.10 bits per heavy atom. The Kier molecular flexibility index (Phi) is 0.704. The molecular weight excluding hydrogens is 124 g/mol. The molecule has 0 radical (unpaired) electrons. The molecule has 0 amide bonds. The highest BCUT2D eigenvalue weighted by molar-refractivity contribution is 5.86. The van der Waals surface area contributed by atoms with E-state index in [-0.39, 0.29) is 0 Å². The second-order valence-corrected chi connectivity index (χ2v) is 4.23. The van der Waals surface area contributed by atoms with Crippen LogP contribution in [0, 0.1) is 17.3 Å². The van der Waals surface area contributed by atoms with Gasteiger partial charge in [0.15, 0.2) is 0 Å². The second kappa shape index (κ2) is 1.32. The third kappa shape index (κ3) is 0.388. The van der Waals surface area contributed by atoms with E-state index in [2.05, 4.69) is 0 Å². The topological polar surface area (TPSA) is 17.1 Å². The third-order valence-electron chi connectivity index (χ3n) is 3.97. The van der Waals surface area contributed by atoms with Gasteiger partial charge in [0.25, 0.3) is 0 Å². The first-order valence-corrected chi connectivity index (χ1v) is 4.36.